The molecule has 2 aromatic rings. The van der Waals surface area contributed by atoms with Crippen LogP contribution in [0.3, 0.4) is 0 Å². The molecule has 28 heavy (non-hydrogen) atoms. The minimum absolute atomic E-state index is 0.131. The van der Waals surface area contributed by atoms with Gasteiger partial charge in [0.05, 0.1) is 29.6 Å². The van der Waals surface area contributed by atoms with Gasteiger partial charge in [-0.05, 0) is 36.4 Å². The normalized spacial score (nSPS) is 21.5. The maximum Gasteiger partial charge on any atom is 0.251 e. The molecular weight excluding hydrogens is 398 g/mol. The largest absolute Gasteiger partial charge is 0.497 e. The van der Waals surface area contributed by atoms with Crippen molar-refractivity contribution in [2.75, 3.05) is 38.2 Å². The molecule has 0 radical (unpaired) electrons. The van der Waals surface area contributed by atoms with Gasteiger partial charge in [0.1, 0.15) is 5.75 Å². The molecule has 4 rings (SSSR count). The monoisotopic (exact) mass is 419 g/mol. The van der Waals surface area contributed by atoms with Crippen LogP contribution in [0.2, 0.25) is 4.34 Å². The van der Waals surface area contributed by atoms with Crippen molar-refractivity contribution in [3.05, 3.63) is 45.6 Å². The fraction of sp³-hybridized carbons (Fsp3) is 0.400. The molecule has 0 spiro atoms. The Bertz CT molecular complexity index is 862. The molecule has 0 saturated carbocycles. The van der Waals surface area contributed by atoms with Crippen LogP contribution in [0.1, 0.15) is 11.3 Å². The lowest BCUT2D eigenvalue weighted by atomic mass is 10.1. The summed E-state index contributed by atoms with van der Waals surface area (Å²) in [5, 5.41) is 0. The number of ether oxygens (including phenoxy) is 1. The summed E-state index contributed by atoms with van der Waals surface area (Å²) in [7, 11) is 1.59. The van der Waals surface area contributed by atoms with Crippen LogP contribution in [-0.4, -0.2) is 60.9 Å². The number of amides is 2. The predicted molar refractivity (Wildman–Crippen MR) is 110 cm³/mol. The van der Waals surface area contributed by atoms with Gasteiger partial charge in [0.25, 0.3) is 5.91 Å². The predicted octanol–water partition coefficient (Wildman–Crippen LogP) is 2.86. The highest BCUT2D eigenvalue weighted by Crippen LogP contribution is 2.28. The summed E-state index contributed by atoms with van der Waals surface area (Å²) in [6, 6.07) is 10.6. The molecule has 6 nitrogen and oxygen atoms in total. The number of anilines is 1. The Labute approximate surface area is 173 Å². The molecule has 0 N–H and O–H groups in total. The summed E-state index contributed by atoms with van der Waals surface area (Å²) >= 11 is 7.61. The van der Waals surface area contributed by atoms with Crippen LogP contribution in [0, 0.1) is 0 Å². The Morgan fingerprint density at radius 1 is 1.07 bits per heavy atom. The molecule has 2 saturated heterocycles. The fourth-order valence-electron chi connectivity index (χ4n) is 3.79. The first kappa shape index (κ1) is 19.4. The SMILES string of the molecule is COc1ccc(N2C(=O)CC(N3CCN(Cc4ccc(Cl)s4)CC3)C2=O)cc1. The molecule has 2 amide bonds. The van der Waals surface area contributed by atoms with Crippen molar-refractivity contribution in [1.82, 2.24) is 9.80 Å². The van der Waals surface area contributed by atoms with Crippen molar-refractivity contribution in [2.24, 2.45) is 0 Å². The fourth-order valence-corrected chi connectivity index (χ4v) is 4.92. The second kappa shape index (κ2) is 8.21. The molecule has 1 aromatic heterocycles. The van der Waals surface area contributed by atoms with Gasteiger partial charge in [0, 0.05) is 37.6 Å². The second-order valence-electron chi connectivity index (χ2n) is 7.00. The van der Waals surface area contributed by atoms with Gasteiger partial charge in [0.15, 0.2) is 0 Å². The van der Waals surface area contributed by atoms with Gasteiger partial charge < -0.3 is 4.74 Å². The number of hydrogen-bond acceptors (Lipinski definition) is 6. The number of nitrogens with zero attached hydrogens (tertiary/aromatic N) is 3. The van der Waals surface area contributed by atoms with Gasteiger partial charge in [0.2, 0.25) is 5.91 Å². The van der Waals surface area contributed by atoms with Crippen molar-refractivity contribution in [3.63, 3.8) is 0 Å². The zero-order chi connectivity index (χ0) is 19.7. The maximum absolute atomic E-state index is 13.0. The number of piperazine rings is 1. The number of rotatable bonds is 5. The van der Waals surface area contributed by atoms with E-state index < -0.39 is 0 Å². The van der Waals surface area contributed by atoms with Crippen LogP contribution >= 0.6 is 22.9 Å². The van der Waals surface area contributed by atoms with E-state index in [1.165, 1.54) is 9.78 Å². The zero-order valence-electron chi connectivity index (χ0n) is 15.6. The third-order valence-electron chi connectivity index (χ3n) is 5.31. The first-order valence-electron chi connectivity index (χ1n) is 9.26. The zero-order valence-corrected chi connectivity index (χ0v) is 17.2. The minimum Gasteiger partial charge on any atom is -0.497 e. The Hall–Kier alpha value is -1.93. The van der Waals surface area contributed by atoms with E-state index in [4.69, 9.17) is 16.3 Å². The second-order valence-corrected chi connectivity index (χ2v) is 8.80. The average Bonchev–Trinajstić information content (AvgIpc) is 3.25. The molecule has 1 atom stereocenters. The van der Waals surface area contributed by atoms with Gasteiger partial charge in [-0.3, -0.25) is 19.4 Å². The molecule has 0 bridgehead atoms. The molecule has 2 fully saturated rings. The summed E-state index contributed by atoms with van der Waals surface area (Å²) in [5.74, 6) is 0.423. The lowest BCUT2D eigenvalue weighted by Crippen LogP contribution is -2.52. The van der Waals surface area contributed by atoms with Gasteiger partial charge in [-0.1, -0.05) is 11.6 Å². The van der Waals surface area contributed by atoms with Crippen molar-refractivity contribution in [2.45, 2.75) is 19.0 Å². The third kappa shape index (κ3) is 3.93. The quantitative estimate of drug-likeness (QED) is 0.697. The molecule has 148 valence electrons. The molecule has 1 aromatic carbocycles. The van der Waals surface area contributed by atoms with E-state index in [-0.39, 0.29) is 24.3 Å². The molecular formula is C20H22ClN3O3S. The Balaban J connectivity index is 1.37. The Morgan fingerprint density at radius 2 is 1.79 bits per heavy atom. The first-order chi connectivity index (χ1) is 13.5. The van der Waals surface area contributed by atoms with Crippen LogP contribution in [-0.2, 0) is 16.1 Å². The summed E-state index contributed by atoms with van der Waals surface area (Å²) in [5.41, 5.74) is 0.603. The minimum atomic E-state index is -0.368. The maximum atomic E-state index is 13.0. The highest BCUT2D eigenvalue weighted by atomic mass is 35.5. The summed E-state index contributed by atoms with van der Waals surface area (Å²) in [6.07, 6.45) is 0.241. The van der Waals surface area contributed by atoms with Crippen LogP contribution in [0.5, 0.6) is 5.75 Å². The number of hydrogen-bond donors (Lipinski definition) is 0. The van der Waals surface area contributed by atoms with Gasteiger partial charge in [-0.15, -0.1) is 11.3 Å². The molecule has 0 aliphatic carbocycles. The van der Waals surface area contributed by atoms with Gasteiger partial charge in [-0.25, -0.2) is 4.90 Å². The number of carbonyl (C=O) groups is 2. The molecule has 2 aliphatic heterocycles. The highest BCUT2D eigenvalue weighted by molar-refractivity contribution is 7.16. The summed E-state index contributed by atoms with van der Waals surface area (Å²) in [4.78, 5) is 32.5. The first-order valence-corrected chi connectivity index (χ1v) is 10.5. The van der Waals surface area contributed by atoms with E-state index in [9.17, 15) is 9.59 Å². The number of methoxy groups -OCH3 is 1. The summed E-state index contributed by atoms with van der Waals surface area (Å²) in [6.45, 7) is 4.17. The van der Waals surface area contributed by atoms with Crippen molar-refractivity contribution >= 4 is 40.4 Å². The smallest absolute Gasteiger partial charge is 0.251 e. The lowest BCUT2D eigenvalue weighted by molar-refractivity contribution is -0.123. The number of thiophene rings is 1. The van der Waals surface area contributed by atoms with Gasteiger partial charge >= 0.3 is 0 Å². The number of imide groups is 1. The van der Waals surface area contributed by atoms with E-state index in [1.807, 2.05) is 6.07 Å². The molecule has 1 unspecified atom stereocenters. The van der Waals surface area contributed by atoms with Crippen LogP contribution in [0.4, 0.5) is 5.69 Å². The average molecular weight is 420 g/mol. The summed E-state index contributed by atoms with van der Waals surface area (Å²) < 4.78 is 5.96. The number of benzene rings is 1. The Kier molecular flexibility index (Phi) is 5.68. The van der Waals surface area contributed by atoms with Crippen LogP contribution in [0.25, 0.3) is 0 Å². The topological polar surface area (TPSA) is 53.1 Å². The lowest BCUT2D eigenvalue weighted by Gasteiger charge is -2.36. The van der Waals surface area contributed by atoms with Crippen molar-refractivity contribution < 1.29 is 14.3 Å². The van der Waals surface area contributed by atoms with Crippen molar-refractivity contribution in [1.29, 1.82) is 0 Å². The number of halogens is 1. The molecule has 2 aliphatic rings. The van der Waals surface area contributed by atoms with E-state index in [2.05, 4.69) is 15.9 Å². The van der Waals surface area contributed by atoms with Crippen LogP contribution in [0.15, 0.2) is 36.4 Å². The van der Waals surface area contributed by atoms with E-state index >= 15 is 0 Å². The Morgan fingerprint density at radius 3 is 2.39 bits per heavy atom. The van der Waals surface area contributed by atoms with E-state index in [1.54, 1.807) is 42.7 Å². The standard InChI is InChI=1S/C20H22ClN3O3S/c1-27-15-4-2-14(3-5-15)24-19(25)12-17(20(24)26)23-10-8-22(9-11-23)13-16-6-7-18(21)28-16/h2-7,17H,8-13H2,1H3. The number of carbonyl (C=O) groups excluding carboxylic acids is 2. The van der Waals surface area contributed by atoms with Crippen molar-refractivity contribution in [3.8, 4) is 5.75 Å². The molecule has 8 heteroatoms. The van der Waals surface area contributed by atoms with E-state index in [0.717, 1.165) is 37.1 Å². The third-order valence-corrected chi connectivity index (χ3v) is 6.53. The van der Waals surface area contributed by atoms with Crippen LogP contribution < -0.4 is 9.64 Å². The highest BCUT2D eigenvalue weighted by Gasteiger charge is 2.43. The van der Waals surface area contributed by atoms with E-state index in [0.29, 0.717) is 11.4 Å². The molecule has 3 heterocycles. The van der Waals surface area contributed by atoms with Gasteiger partial charge in [-0.2, -0.15) is 0 Å².